The number of rotatable bonds is 4. The lowest BCUT2D eigenvalue weighted by Crippen LogP contribution is -2.56. The Morgan fingerprint density at radius 3 is 2.65 bits per heavy atom. The molecule has 2 aromatic heterocycles. The fourth-order valence-corrected chi connectivity index (χ4v) is 3.90. The van der Waals surface area contributed by atoms with Crippen LogP contribution >= 0.6 is 0 Å². The summed E-state index contributed by atoms with van der Waals surface area (Å²) in [6, 6.07) is 1.83. The van der Waals surface area contributed by atoms with Gasteiger partial charge in [-0.2, -0.15) is 0 Å². The topological polar surface area (TPSA) is 94.3 Å². The maximum absolute atomic E-state index is 13.2. The molecule has 0 aromatic carbocycles. The monoisotopic (exact) mass is 357 g/mol. The van der Waals surface area contributed by atoms with Gasteiger partial charge in [0.1, 0.15) is 5.54 Å². The summed E-state index contributed by atoms with van der Waals surface area (Å²) in [6.45, 7) is 1.79. The third-order valence-corrected chi connectivity index (χ3v) is 5.51. The van der Waals surface area contributed by atoms with E-state index in [-0.39, 0.29) is 11.9 Å². The van der Waals surface area contributed by atoms with Crippen molar-refractivity contribution in [3.63, 3.8) is 0 Å². The minimum Gasteiger partial charge on any atom is -0.467 e. The molecule has 0 bridgehead atoms. The average molecular weight is 357 g/mol. The van der Waals surface area contributed by atoms with Gasteiger partial charge in [-0.05, 0) is 38.7 Å². The predicted molar refractivity (Wildman–Crippen MR) is 93.8 cm³/mol. The molecule has 2 fully saturated rings. The van der Waals surface area contributed by atoms with Gasteiger partial charge in [-0.25, -0.2) is 9.78 Å². The van der Waals surface area contributed by atoms with Gasteiger partial charge in [0.25, 0.3) is 11.6 Å². The largest absolute Gasteiger partial charge is 0.467 e. The number of hydrogen-bond acceptors (Lipinski definition) is 6. The molecule has 7 heteroatoms. The van der Waals surface area contributed by atoms with Gasteiger partial charge in [-0.1, -0.05) is 24.4 Å². The number of nitrogens with one attached hydrogen (secondary N) is 1. The zero-order valence-corrected chi connectivity index (χ0v) is 15.1. The predicted octanol–water partition coefficient (Wildman–Crippen LogP) is 3.01. The van der Waals surface area contributed by atoms with Gasteiger partial charge < -0.3 is 14.6 Å². The Hall–Kier alpha value is -2.44. The van der Waals surface area contributed by atoms with Gasteiger partial charge in [0.2, 0.25) is 0 Å². The first-order valence-electron chi connectivity index (χ1n) is 9.22. The van der Waals surface area contributed by atoms with E-state index >= 15 is 0 Å². The SMILES string of the molecule is COC(=O)C1(NC(=O)c2cc(C3CC3)nc3onc(C)c23)CCCCC1. The van der Waals surface area contributed by atoms with Gasteiger partial charge in [-0.3, -0.25) is 4.79 Å². The molecule has 4 rings (SSSR count). The molecule has 2 saturated carbocycles. The van der Waals surface area contributed by atoms with Crippen molar-refractivity contribution < 1.29 is 18.8 Å². The van der Waals surface area contributed by atoms with Crippen LogP contribution in [0.3, 0.4) is 0 Å². The molecule has 1 N–H and O–H groups in total. The zero-order valence-electron chi connectivity index (χ0n) is 15.1. The van der Waals surface area contributed by atoms with Crippen LogP contribution in [0.5, 0.6) is 0 Å². The first kappa shape index (κ1) is 17.0. The normalized spacial score (nSPS) is 19.3. The second-order valence-corrected chi connectivity index (χ2v) is 7.41. The third kappa shape index (κ3) is 2.85. The van der Waals surface area contributed by atoms with Gasteiger partial charge in [0.05, 0.1) is 23.8 Å². The highest BCUT2D eigenvalue weighted by molar-refractivity contribution is 6.07. The fourth-order valence-electron chi connectivity index (χ4n) is 3.90. The number of aromatic nitrogens is 2. The van der Waals surface area contributed by atoms with Crippen LogP contribution in [0.1, 0.15) is 72.6 Å². The molecule has 0 aliphatic heterocycles. The Bertz CT molecular complexity index is 863. The average Bonchev–Trinajstić information content (AvgIpc) is 3.44. The Kier molecular flexibility index (Phi) is 4.17. The van der Waals surface area contributed by atoms with E-state index in [9.17, 15) is 9.59 Å². The van der Waals surface area contributed by atoms with Gasteiger partial charge in [0.15, 0.2) is 0 Å². The number of carbonyl (C=O) groups excluding carboxylic acids is 2. The van der Waals surface area contributed by atoms with Crippen LogP contribution < -0.4 is 5.32 Å². The van der Waals surface area contributed by atoms with E-state index in [1.54, 1.807) is 6.92 Å². The van der Waals surface area contributed by atoms with Gasteiger partial charge in [-0.15, -0.1) is 0 Å². The first-order valence-corrected chi connectivity index (χ1v) is 9.22. The lowest BCUT2D eigenvalue weighted by atomic mass is 9.81. The zero-order chi connectivity index (χ0) is 18.3. The molecule has 1 amide bonds. The number of methoxy groups -OCH3 is 1. The highest BCUT2D eigenvalue weighted by Crippen LogP contribution is 2.40. The van der Waals surface area contributed by atoms with Crippen LogP contribution in [0.4, 0.5) is 0 Å². The second kappa shape index (κ2) is 6.37. The molecule has 2 aliphatic carbocycles. The van der Waals surface area contributed by atoms with Crippen molar-refractivity contribution in [3.8, 4) is 0 Å². The van der Waals surface area contributed by atoms with Crippen LogP contribution in [-0.4, -0.2) is 34.7 Å². The summed E-state index contributed by atoms with van der Waals surface area (Å²) < 4.78 is 10.3. The summed E-state index contributed by atoms with van der Waals surface area (Å²) in [5.74, 6) is -0.293. The molecule has 2 aromatic rings. The number of fused-ring (bicyclic) bond motifs is 1. The van der Waals surface area contributed by atoms with E-state index < -0.39 is 5.54 Å². The molecule has 0 saturated heterocycles. The van der Waals surface area contributed by atoms with E-state index in [1.807, 2.05) is 6.07 Å². The molecule has 138 valence electrons. The quantitative estimate of drug-likeness (QED) is 0.845. The summed E-state index contributed by atoms with van der Waals surface area (Å²) in [7, 11) is 1.37. The maximum Gasteiger partial charge on any atom is 0.331 e. The molecular weight excluding hydrogens is 334 g/mol. The van der Waals surface area contributed by atoms with Crippen LogP contribution in [0.25, 0.3) is 11.1 Å². The number of aryl methyl sites for hydroxylation is 1. The number of pyridine rings is 1. The molecule has 2 heterocycles. The third-order valence-electron chi connectivity index (χ3n) is 5.51. The van der Waals surface area contributed by atoms with E-state index in [0.717, 1.165) is 37.8 Å². The minimum atomic E-state index is -0.954. The smallest absolute Gasteiger partial charge is 0.331 e. The molecule has 0 atom stereocenters. The Balaban J connectivity index is 1.73. The molecule has 0 spiro atoms. The highest BCUT2D eigenvalue weighted by atomic mass is 16.5. The van der Waals surface area contributed by atoms with E-state index in [2.05, 4.69) is 15.5 Å². The molecule has 0 unspecified atom stereocenters. The number of ether oxygens (including phenoxy) is 1. The Morgan fingerprint density at radius 1 is 1.27 bits per heavy atom. The van der Waals surface area contributed by atoms with Crippen molar-refractivity contribution in [1.29, 1.82) is 0 Å². The summed E-state index contributed by atoms with van der Waals surface area (Å²) in [5.41, 5.74) is 1.38. The number of esters is 1. The summed E-state index contributed by atoms with van der Waals surface area (Å²) in [6.07, 6.45) is 6.17. The lowest BCUT2D eigenvalue weighted by Gasteiger charge is -2.35. The fraction of sp³-hybridized carbons (Fsp3) is 0.579. The van der Waals surface area contributed by atoms with Crippen molar-refractivity contribution in [3.05, 3.63) is 23.0 Å². The van der Waals surface area contributed by atoms with Crippen LogP contribution in [0, 0.1) is 6.92 Å². The van der Waals surface area contributed by atoms with E-state index in [4.69, 9.17) is 9.26 Å². The second-order valence-electron chi connectivity index (χ2n) is 7.41. The van der Waals surface area contributed by atoms with Crippen molar-refractivity contribution in [2.45, 2.75) is 63.3 Å². The van der Waals surface area contributed by atoms with Crippen LogP contribution in [-0.2, 0) is 9.53 Å². The summed E-state index contributed by atoms with van der Waals surface area (Å²) in [4.78, 5) is 30.1. The number of amides is 1. The van der Waals surface area contributed by atoms with Crippen molar-refractivity contribution in [2.75, 3.05) is 7.11 Å². The Labute approximate surface area is 151 Å². The number of hydrogen-bond donors (Lipinski definition) is 1. The first-order chi connectivity index (χ1) is 12.5. The number of nitrogens with zero attached hydrogens (tertiary/aromatic N) is 2. The van der Waals surface area contributed by atoms with Crippen LogP contribution in [0.15, 0.2) is 10.6 Å². The molecule has 7 nitrogen and oxygen atoms in total. The van der Waals surface area contributed by atoms with Crippen molar-refractivity contribution in [2.24, 2.45) is 0 Å². The van der Waals surface area contributed by atoms with Gasteiger partial charge in [0, 0.05) is 11.6 Å². The highest BCUT2D eigenvalue weighted by Gasteiger charge is 2.42. The van der Waals surface area contributed by atoms with Crippen molar-refractivity contribution >= 4 is 23.0 Å². The molecule has 26 heavy (non-hydrogen) atoms. The summed E-state index contributed by atoms with van der Waals surface area (Å²) >= 11 is 0. The maximum atomic E-state index is 13.2. The molecular formula is C19H23N3O4. The molecule has 2 aliphatic rings. The molecule has 0 radical (unpaired) electrons. The van der Waals surface area contributed by atoms with E-state index in [0.29, 0.717) is 41.1 Å². The van der Waals surface area contributed by atoms with Crippen molar-refractivity contribution in [1.82, 2.24) is 15.5 Å². The van der Waals surface area contributed by atoms with Gasteiger partial charge >= 0.3 is 5.97 Å². The lowest BCUT2D eigenvalue weighted by molar-refractivity contribution is -0.149. The van der Waals surface area contributed by atoms with Crippen LogP contribution in [0.2, 0.25) is 0 Å². The summed E-state index contributed by atoms with van der Waals surface area (Å²) in [5, 5.41) is 7.56. The Morgan fingerprint density at radius 2 is 2.00 bits per heavy atom. The minimum absolute atomic E-state index is 0.294. The number of carbonyl (C=O) groups is 2. The van der Waals surface area contributed by atoms with E-state index in [1.165, 1.54) is 7.11 Å². The standard InChI is InChI=1S/C19H23N3O4/c1-11-15-13(10-14(12-6-7-12)20-17(15)26-22-11)16(23)21-19(18(24)25-2)8-4-3-5-9-19/h10,12H,3-9H2,1-2H3,(H,21,23).